The molecule has 0 amide bonds. The van der Waals surface area contributed by atoms with Crippen molar-refractivity contribution in [2.45, 2.75) is 245 Å². The SMILES string of the molecule is CCCCC/C=C\C/C=C\C/C=C\C/C=C\CCCC(=O)O[C@H](COC(=O)CCCCCCC/C=C\CCCCCC)COC(=O)CCCCCCCCCCCCC. The van der Waals surface area contributed by atoms with Crippen molar-refractivity contribution in [1.82, 2.24) is 0 Å². The van der Waals surface area contributed by atoms with Gasteiger partial charge in [-0.05, 0) is 83.5 Å². The maximum atomic E-state index is 12.7. The van der Waals surface area contributed by atoms with Crippen LogP contribution in [0.4, 0.5) is 0 Å². The largest absolute Gasteiger partial charge is 0.462 e. The van der Waals surface area contributed by atoms with Gasteiger partial charge in [-0.2, -0.15) is 0 Å². The molecule has 0 aliphatic carbocycles. The van der Waals surface area contributed by atoms with Crippen LogP contribution in [0, 0.1) is 0 Å². The summed E-state index contributed by atoms with van der Waals surface area (Å²) in [5.41, 5.74) is 0. The van der Waals surface area contributed by atoms with Gasteiger partial charge in [-0.25, -0.2) is 0 Å². The molecule has 0 aliphatic heterocycles. The smallest absolute Gasteiger partial charge is 0.306 e. The first-order chi connectivity index (χ1) is 29.0. The first-order valence-electron chi connectivity index (χ1n) is 24.8. The van der Waals surface area contributed by atoms with Crippen molar-refractivity contribution >= 4 is 17.9 Å². The topological polar surface area (TPSA) is 78.9 Å². The van der Waals surface area contributed by atoms with Crippen molar-refractivity contribution in [3.05, 3.63) is 60.8 Å². The zero-order chi connectivity index (χ0) is 43.0. The number of carbonyl (C=O) groups is 3. The summed E-state index contributed by atoms with van der Waals surface area (Å²) in [5, 5.41) is 0. The van der Waals surface area contributed by atoms with Crippen molar-refractivity contribution in [1.29, 1.82) is 0 Å². The highest BCUT2D eigenvalue weighted by Gasteiger charge is 2.19. The molecule has 0 aromatic carbocycles. The van der Waals surface area contributed by atoms with Gasteiger partial charge in [0.25, 0.3) is 0 Å². The van der Waals surface area contributed by atoms with Crippen molar-refractivity contribution < 1.29 is 28.6 Å². The number of unbranched alkanes of at least 4 members (excludes halogenated alkanes) is 23. The van der Waals surface area contributed by atoms with Crippen LogP contribution in [0.15, 0.2) is 60.8 Å². The Bertz CT molecular complexity index is 1090. The molecule has 0 bridgehead atoms. The molecule has 0 radical (unpaired) electrons. The quantitative estimate of drug-likeness (QED) is 0.0263. The summed E-state index contributed by atoms with van der Waals surface area (Å²) >= 11 is 0. The minimum atomic E-state index is -0.802. The van der Waals surface area contributed by atoms with Gasteiger partial charge in [0.2, 0.25) is 0 Å². The lowest BCUT2D eigenvalue weighted by molar-refractivity contribution is -0.167. The molecule has 0 heterocycles. The van der Waals surface area contributed by atoms with E-state index < -0.39 is 6.10 Å². The highest BCUT2D eigenvalue weighted by molar-refractivity contribution is 5.71. The van der Waals surface area contributed by atoms with E-state index in [0.29, 0.717) is 19.3 Å². The predicted octanol–water partition coefficient (Wildman–Crippen LogP) is 16.1. The van der Waals surface area contributed by atoms with Crippen LogP contribution in [0.3, 0.4) is 0 Å². The van der Waals surface area contributed by atoms with Gasteiger partial charge in [0, 0.05) is 19.3 Å². The molecular formula is C53H92O6. The lowest BCUT2D eigenvalue weighted by Crippen LogP contribution is -2.30. The van der Waals surface area contributed by atoms with Crippen LogP contribution in [0.5, 0.6) is 0 Å². The number of hydrogen-bond donors (Lipinski definition) is 0. The number of hydrogen-bond acceptors (Lipinski definition) is 6. The van der Waals surface area contributed by atoms with E-state index in [-0.39, 0.29) is 37.5 Å². The van der Waals surface area contributed by atoms with E-state index in [2.05, 4.69) is 81.5 Å². The van der Waals surface area contributed by atoms with E-state index in [1.54, 1.807) is 0 Å². The van der Waals surface area contributed by atoms with Gasteiger partial charge in [0.05, 0.1) is 0 Å². The fourth-order valence-electron chi connectivity index (χ4n) is 6.72. The number of rotatable bonds is 44. The summed E-state index contributed by atoms with van der Waals surface area (Å²) < 4.78 is 16.7. The fourth-order valence-corrected chi connectivity index (χ4v) is 6.72. The minimum absolute atomic E-state index is 0.0970. The Morgan fingerprint density at radius 2 is 0.627 bits per heavy atom. The second-order valence-corrected chi connectivity index (χ2v) is 16.4. The average molecular weight is 825 g/mol. The Morgan fingerprint density at radius 1 is 0.339 bits per heavy atom. The first-order valence-corrected chi connectivity index (χ1v) is 24.8. The van der Waals surface area contributed by atoms with E-state index in [4.69, 9.17) is 14.2 Å². The van der Waals surface area contributed by atoms with Gasteiger partial charge in [0.1, 0.15) is 13.2 Å². The highest BCUT2D eigenvalue weighted by atomic mass is 16.6. The van der Waals surface area contributed by atoms with Gasteiger partial charge >= 0.3 is 17.9 Å². The Morgan fingerprint density at radius 3 is 1.07 bits per heavy atom. The minimum Gasteiger partial charge on any atom is -0.462 e. The van der Waals surface area contributed by atoms with Crippen molar-refractivity contribution in [2.75, 3.05) is 13.2 Å². The molecule has 340 valence electrons. The van der Waals surface area contributed by atoms with E-state index >= 15 is 0 Å². The van der Waals surface area contributed by atoms with Crippen molar-refractivity contribution in [3.63, 3.8) is 0 Å². The number of allylic oxidation sites excluding steroid dienone is 10. The molecular weight excluding hydrogens is 733 g/mol. The van der Waals surface area contributed by atoms with Crippen molar-refractivity contribution in [2.24, 2.45) is 0 Å². The zero-order valence-electron chi connectivity index (χ0n) is 38.8. The number of esters is 3. The molecule has 0 saturated heterocycles. The summed E-state index contributed by atoms with van der Waals surface area (Å²) in [6.45, 7) is 6.53. The van der Waals surface area contributed by atoms with Crippen LogP contribution in [-0.2, 0) is 28.6 Å². The maximum absolute atomic E-state index is 12.7. The first kappa shape index (κ1) is 56.1. The van der Waals surface area contributed by atoms with Gasteiger partial charge in [-0.15, -0.1) is 0 Å². The van der Waals surface area contributed by atoms with Crippen LogP contribution in [0.25, 0.3) is 0 Å². The van der Waals surface area contributed by atoms with Gasteiger partial charge in [-0.3, -0.25) is 14.4 Å². The van der Waals surface area contributed by atoms with Crippen LogP contribution in [-0.4, -0.2) is 37.2 Å². The Hall–Kier alpha value is -2.89. The summed E-state index contributed by atoms with van der Waals surface area (Å²) in [6.07, 6.45) is 57.7. The second kappa shape index (κ2) is 47.8. The van der Waals surface area contributed by atoms with E-state index in [0.717, 1.165) is 70.6 Å². The molecule has 0 spiro atoms. The fraction of sp³-hybridized carbons (Fsp3) is 0.755. The molecule has 0 aliphatic rings. The van der Waals surface area contributed by atoms with Crippen LogP contribution < -0.4 is 0 Å². The van der Waals surface area contributed by atoms with E-state index in [9.17, 15) is 14.4 Å². The summed E-state index contributed by atoms with van der Waals surface area (Å²) in [7, 11) is 0. The molecule has 1 atom stereocenters. The molecule has 59 heavy (non-hydrogen) atoms. The third-order valence-electron chi connectivity index (χ3n) is 10.5. The average Bonchev–Trinajstić information content (AvgIpc) is 3.23. The lowest BCUT2D eigenvalue weighted by Gasteiger charge is -2.18. The Kier molecular flexibility index (Phi) is 45.4. The summed E-state index contributed by atoms with van der Waals surface area (Å²) in [4.78, 5) is 37.8. The van der Waals surface area contributed by atoms with Crippen LogP contribution in [0.2, 0.25) is 0 Å². The molecule has 0 aromatic heterocycles. The van der Waals surface area contributed by atoms with E-state index in [1.807, 2.05) is 0 Å². The molecule has 0 unspecified atom stereocenters. The molecule has 6 heteroatoms. The second-order valence-electron chi connectivity index (χ2n) is 16.4. The Labute approximate surface area is 364 Å². The number of ether oxygens (including phenoxy) is 3. The third-order valence-corrected chi connectivity index (χ3v) is 10.5. The molecule has 0 aromatic rings. The molecule has 0 fully saturated rings. The van der Waals surface area contributed by atoms with Crippen molar-refractivity contribution in [3.8, 4) is 0 Å². The summed E-state index contributed by atoms with van der Waals surface area (Å²) in [6, 6.07) is 0. The standard InChI is InChI=1S/C53H92O6/c1-4-7-10-13-16-19-22-24-25-26-27-29-32-35-38-41-44-47-53(56)59-50(48-57-51(54)45-42-39-36-33-30-21-18-15-12-9-6-3)49-58-52(55)46-43-40-37-34-31-28-23-20-17-14-11-8-5-2/h16,19-20,23-25,27,29,35,38,50H,4-15,17-18,21-22,26,28,30-34,36-37,39-49H2,1-3H3/b19-16-,23-20-,25-24-,29-27-,38-35-/t50-/m0/s1. The van der Waals surface area contributed by atoms with Crippen LogP contribution in [0.1, 0.15) is 239 Å². The Balaban J connectivity index is 4.48. The van der Waals surface area contributed by atoms with Gasteiger partial charge in [0.15, 0.2) is 6.10 Å². The molecule has 0 N–H and O–H groups in total. The lowest BCUT2D eigenvalue weighted by atomic mass is 10.1. The molecule has 0 rings (SSSR count). The maximum Gasteiger partial charge on any atom is 0.306 e. The number of carbonyl (C=O) groups excluding carboxylic acids is 3. The zero-order valence-corrected chi connectivity index (χ0v) is 38.8. The molecule has 6 nitrogen and oxygen atoms in total. The highest BCUT2D eigenvalue weighted by Crippen LogP contribution is 2.14. The van der Waals surface area contributed by atoms with E-state index in [1.165, 1.54) is 122 Å². The predicted molar refractivity (Wildman–Crippen MR) is 251 cm³/mol. The summed E-state index contributed by atoms with van der Waals surface area (Å²) in [5.74, 6) is -0.962. The normalized spacial score (nSPS) is 12.5. The monoisotopic (exact) mass is 825 g/mol. The third kappa shape index (κ3) is 46.0. The van der Waals surface area contributed by atoms with Gasteiger partial charge < -0.3 is 14.2 Å². The van der Waals surface area contributed by atoms with Gasteiger partial charge in [-0.1, -0.05) is 197 Å². The molecule has 0 saturated carbocycles. The van der Waals surface area contributed by atoms with Crippen LogP contribution >= 0.6 is 0 Å².